The molecular formula is C23H28N2O2. The number of amides is 1. The van der Waals surface area contributed by atoms with E-state index in [2.05, 4.69) is 30.4 Å². The van der Waals surface area contributed by atoms with E-state index in [0.717, 1.165) is 31.5 Å². The second kappa shape index (κ2) is 8.03. The van der Waals surface area contributed by atoms with Crippen molar-refractivity contribution in [1.82, 2.24) is 4.90 Å². The molecule has 1 aliphatic heterocycles. The van der Waals surface area contributed by atoms with Gasteiger partial charge in [0.2, 0.25) is 0 Å². The van der Waals surface area contributed by atoms with E-state index < -0.39 is 0 Å². The molecule has 4 nitrogen and oxygen atoms in total. The lowest BCUT2D eigenvalue weighted by Crippen LogP contribution is -2.37. The predicted molar refractivity (Wildman–Crippen MR) is 108 cm³/mol. The number of rotatable bonds is 6. The van der Waals surface area contributed by atoms with Crippen molar-refractivity contribution in [1.29, 1.82) is 0 Å². The first-order chi connectivity index (χ1) is 13.3. The fourth-order valence-electron chi connectivity index (χ4n) is 4.31. The van der Waals surface area contributed by atoms with E-state index in [1.807, 2.05) is 35.2 Å². The lowest BCUT2D eigenvalue weighted by Gasteiger charge is -2.32. The molecule has 1 fully saturated rings. The Labute approximate surface area is 161 Å². The van der Waals surface area contributed by atoms with Gasteiger partial charge in [-0.25, -0.2) is 4.79 Å². The summed E-state index contributed by atoms with van der Waals surface area (Å²) in [4.78, 5) is 14.6. The normalized spacial score (nSPS) is 20.3. The number of nitrogens with zero attached hydrogens (tertiary/aromatic N) is 1. The summed E-state index contributed by atoms with van der Waals surface area (Å²) in [6.45, 7) is 4.33. The molecule has 2 atom stereocenters. The molecule has 1 heterocycles. The number of hydrogen-bond acceptors (Lipinski definition) is 3. The van der Waals surface area contributed by atoms with Crippen LogP contribution in [0.1, 0.15) is 61.3 Å². The number of ether oxygens (including phenoxy) is 1. The Morgan fingerprint density at radius 1 is 1.19 bits per heavy atom. The summed E-state index contributed by atoms with van der Waals surface area (Å²) in [5.41, 5.74) is 4.94. The second-order valence-corrected chi connectivity index (χ2v) is 7.59. The number of anilines is 1. The summed E-state index contributed by atoms with van der Waals surface area (Å²) < 4.78 is 5.60. The van der Waals surface area contributed by atoms with E-state index in [4.69, 9.17) is 4.74 Å². The number of benzene rings is 2. The molecule has 1 amide bonds. The topological polar surface area (TPSA) is 41.6 Å². The zero-order valence-corrected chi connectivity index (χ0v) is 16.0. The number of carbonyl (C=O) groups is 1. The zero-order valence-electron chi connectivity index (χ0n) is 16.0. The maximum absolute atomic E-state index is 12.7. The van der Waals surface area contributed by atoms with Crippen molar-refractivity contribution >= 4 is 11.8 Å². The Kier molecular flexibility index (Phi) is 5.33. The van der Waals surface area contributed by atoms with Gasteiger partial charge in [-0.2, -0.15) is 0 Å². The molecule has 4 rings (SSSR count). The molecule has 2 bridgehead atoms. The molecule has 0 saturated carbocycles. The maximum Gasteiger partial charge on any atom is 0.410 e. The smallest absolute Gasteiger partial charge is 0.410 e. The van der Waals surface area contributed by atoms with Crippen LogP contribution in [-0.2, 0) is 11.3 Å². The molecule has 1 N–H and O–H groups in total. The first-order valence-electron chi connectivity index (χ1n) is 10.1. The minimum atomic E-state index is -0.194. The molecule has 0 unspecified atom stereocenters. The first-order valence-corrected chi connectivity index (χ1v) is 10.1. The monoisotopic (exact) mass is 364 g/mol. The average Bonchev–Trinajstić information content (AvgIpc) is 2.99. The first kappa shape index (κ1) is 17.9. The summed E-state index contributed by atoms with van der Waals surface area (Å²) in [7, 11) is 0. The average molecular weight is 364 g/mol. The van der Waals surface area contributed by atoms with Crippen molar-refractivity contribution in [2.45, 2.75) is 51.2 Å². The highest BCUT2D eigenvalue weighted by atomic mass is 16.6. The molecule has 2 aromatic carbocycles. The summed E-state index contributed by atoms with van der Waals surface area (Å²) in [6.07, 6.45) is 4.23. The van der Waals surface area contributed by atoms with Gasteiger partial charge in [0.05, 0.1) is 6.04 Å². The quantitative estimate of drug-likeness (QED) is 0.691. The Morgan fingerprint density at radius 3 is 2.85 bits per heavy atom. The molecule has 1 aliphatic carbocycles. The third kappa shape index (κ3) is 3.80. The molecule has 142 valence electrons. The third-order valence-corrected chi connectivity index (χ3v) is 5.79. The van der Waals surface area contributed by atoms with Crippen LogP contribution in [0.3, 0.4) is 0 Å². The number of fused-ring (bicyclic) bond motifs is 5. The van der Waals surface area contributed by atoms with Gasteiger partial charge in [0.15, 0.2) is 0 Å². The summed E-state index contributed by atoms with van der Waals surface area (Å²) in [5.74, 6) is 0.566. The van der Waals surface area contributed by atoms with Crippen LogP contribution >= 0.6 is 0 Å². The fourth-order valence-corrected chi connectivity index (χ4v) is 4.31. The van der Waals surface area contributed by atoms with Crippen molar-refractivity contribution in [3.8, 4) is 0 Å². The van der Waals surface area contributed by atoms with Gasteiger partial charge in [-0.05, 0) is 54.0 Å². The highest BCUT2D eigenvalue weighted by Crippen LogP contribution is 2.49. The van der Waals surface area contributed by atoms with Crippen LogP contribution in [0.4, 0.5) is 10.5 Å². The van der Waals surface area contributed by atoms with E-state index in [-0.39, 0.29) is 12.1 Å². The second-order valence-electron chi connectivity index (χ2n) is 7.59. The molecule has 4 heteroatoms. The Hall–Kier alpha value is -2.49. The van der Waals surface area contributed by atoms with Crippen molar-refractivity contribution in [3.05, 3.63) is 65.2 Å². The molecule has 0 spiro atoms. The van der Waals surface area contributed by atoms with E-state index in [1.165, 1.54) is 29.7 Å². The Bertz CT molecular complexity index is 790. The molecule has 2 aliphatic rings. The number of carbonyl (C=O) groups excluding carboxylic acids is 1. The van der Waals surface area contributed by atoms with Gasteiger partial charge in [-0.15, -0.1) is 0 Å². The van der Waals surface area contributed by atoms with Gasteiger partial charge in [-0.1, -0.05) is 49.7 Å². The molecule has 0 aromatic heterocycles. The van der Waals surface area contributed by atoms with Crippen molar-refractivity contribution in [3.63, 3.8) is 0 Å². The maximum atomic E-state index is 12.7. The van der Waals surface area contributed by atoms with Gasteiger partial charge in [-0.3, -0.25) is 0 Å². The van der Waals surface area contributed by atoms with Crippen LogP contribution in [0.2, 0.25) is 0 Å². The standard InChI is InChI=1S/C23H28N2O2/c1-2-3-12-24-19-9-10-20-21(15-19)18-11-13-25(22(20)14-18)23(26)27-16-17-7-5-4-6-8-17/h4-10,15,18,22,24H,2-3,11-14,16H2,1H3/t18-,22-/m1/s1. The van der Waals surface area contributed by atoms with E-state index in [1.54, 1.807) is 0 Å². The number of unbranched alkanes of at least 4 members (excludes halogenated alkanes) is 1. The van der Waals surface area contributed by atoms with Crippen molar-refractivity contribution in [2.75, 3.05) is 18.4 Å². The largest absolute Gasteiger partial charge is 0.445 e. The van der Waals surface area contributed by atoms with E-state index in [0.29, 0.717) is 12.5 Å². The fraction of sp³-hybridized carbons (Fsp3) is 0.435. The lowest BCUT2D eigenvalue weighted by molar-refractivity contribution is 0.0694. The SMILES string of the molecule is CCCCNc1ccc2c(c1)[C@@H]1CCN(C(=O)OCc3ccccc3)[C@@H]2C1. The molecular weight excluding hydrogens is 336 g/mol. The summed E-state index contributed by atoms with van der Waals surface area (Å²) in [5, 5.41) is 3.52. The van der Waals surface area contributed by atoms with Gasteiger partial charge in [0.25, 0.3) is 0 Å². The molecule has 27 heavy (non-hydrogen) atoms. The summed E-state index contributed by atoms with van der Waals surface area (Å²) >= 11 is 0. The van der Waals surface area contributed by atoms with Crippen LogP contribution < -0.4 is 5.32 Å². The molecule has 1 saturated heterocycles. The summed E-state index contributed by atoms with van der Waals surface area (Å²) in [6, 6.07) is 16.7. The number of piperidine rings is 1. The van der Waals surface area contributed by atoms with Gasteiger partial charge in [0, 0.05) is 18.8 Å². The van der Waals surface area contributed by atoms with E-state index >= 15 is 0 Å². The van der Waals surface area contributed by atoms with Gasteiger partial charge >= 0.3 is 6.09 Å². The Morgan fingerprint density at radius 2 is 2.04 bits per heavy atom. The predicted octanol–water partition coefficient (Wildman–Crippen LogP) is 5.47. The number of nitrogens with one attached hydrogen (secondary N) is 1. The molecule has 2 aromatic rings. The van der Waals surface area contributed by atoms with Crippen LogP contribution in [0.25, 0.3) is 0 Å². The van der Waals surface area contributed by atoms with Crippen LogP contribution in [0.15, 0.2) is 48.5 Å². The third-order valence-electron chi connectivity index (χ3n) is 5.79. The molecule has 0 radical (unpaired) electrons. The Balaban J connectivity index is 1.43. The number of likely N-dealkylation sites (tertiary alicyclic amines) is 1. The van der Waals surface area contributed by atoms with Crippen LogP contribution in [-0.4, -0.2) is 24.1 Å². The minimum Gasteiger partial charge on any atom is -0.445 e. The minimum absolute atomic E-state index is 0.159. The lowest BCUT2D eigenvalue weighted by atomic mass is 9.95. The van der Waals surface area contributed by atoms with Crippen molar-refractivity contribution < 1.29 is 9.53 Å². The highest BCUT2D eigenvalue weighted by molar-refractivity contribution is 5.69. The van der Waals surface area contributed by atoms with Gasteiger partial charge < -0.3 is 15.0 Å². The van der Waals surface area contributed by atoms with Gasteiger partial charge in [0.1, 0.15) is 6.61 Å². The van der Waals surface area contributed by atoms with Crippen LogP contribution in [0, 0.1) is 0 Å². The number of hydrogen-bond donors (Lipinski definition) is 1. The zero-order chi connectivity index (χ0) is 18.6. The van der Waals surface area contributed by atoms with Crippen molar-refractivity contribution in [2.24, 2.45) is 0 Å². The highest BCUT2D eigenvalue weighted by Gasteiger charge is 2.41. The van der Waals surface area contributed by atoms with Crippen LogP contribution in [0.5, 0.6) is 0 Å². The van der Waals surface area contributed by atoms with E-state index in [9.17, 15) is 4.79 Å².